The molecule has 2 aromatic heterocycles. The number of rotatable bonds is 7. The van der Waals surface area contributed by atoms with Crippen LogP contribution in [0.25, 0.3) is 11.4 Å². The number of carbonyl (C=O) groups excluding carboxylic acids is 3. The third-order valence-electron chi connectivity index (χ3n) is 4.87. The molecule has 10 nitrogen and oxygen atoms in total. The lowest BCUT2D eigenvalue weighted by Gasteiger charge is -2.29. The first-order chi connectivity index (χ1) is 17.1. The van der Waals surface area contributed by atoms with Crippen molar-refractivity contribution in [1.29, 1.82) is 0 Å². The first-order valence-electron chi connectivity index (χ1n) is 12.1. The van der Waals surface area contributed by atoms with E-state index in [4.69, 9.17) is 14.2 Å². The van der Waals surface area contributed by atoms with Crippen molar-refractivity contribution in [2.45, 2.75) is 73.0 Å². The number of carbonyl (C=O) groups is 3. The van der Waals surface area contributed by atoms with E-state index in [0.29, 0.717) is 17.9 Å². The van der Waals surface area contributed by atoms with E-state index in [2.05, 4.69) is 9.97 Å². The maximum Gasteiger partial charge on any atom is 0.419 e. The first kappa shape index (κ1) is 29.5. The van der Waals surface area contributed by atoms with Crippen LogP contribution in [-0.2, 0) is 19.0 Å². The Balaban J connectivity index is 2.24. The van der Waals surface area contributed by atoms with Crippen molar-refractivity contribution < 1.29 is 28.6 Å². The second kappa shape index (κ2) is 12.0. The van der Waals surface area contributed by atoms with Gasteiger partial charge in [0.25, 0.3) is 0 Å². The zero-order valence-corrected chi connectivity index (χ0v) is 23.2. The number of pyridine rings is 1. The highest BCUT2D eigenvalue weighted by Gasteiger charge is 2.32. The van der Waals surface area contributed by atoms with E-state index in [1.807, 2.05) is 26.0 Å². The molecule has 2 amide bonds. The fraction of sp³-hybridized carbons (Fsp3) is 0.519. The van der Waals surface area contributed by atoms with Gasteiger partial charge in [0.15, 0.2) is 0 Å². The molecule has 0 N–H and O–H groups in total. The summed E-state index contributed by atoms with van der Waals surface area (Å²) in [5, 5.41) is 0. The Morgan fingerprint density at radius 1 is 1.03 bits per heavy atom. The van der Waals surface area contributed by atoms with Gasteiger partial charge in [0.05, 0.1) is 18.4 Å². The number of ether oxygens (including phenoxy) is 3. The van der Waals surface area contributed by atoms with E-state index < -0.39 is 29.4 Å². The van der Waals surface area contributed by atoms with Crippen LogP contribution >= 0.6 is 0 Å². The molecule has 0 aliphatic carbocycles. The van der Waals surface area contributed by atoms with Gasteiger partial charge in [-0.3, -0.25) is 4.57 Å². The van der Waals surface area contributed by atoms with Crippen molar-refractivity contribution in [3.05, 3.63) is 48.2 Å². The Bertz CT molecular complexity index is 1100. The van der Waals surface area contributed by atoms with Gasteiger partial charge in [-0.05, 0) is 72.4 Å². The molecule has 0 aliphatic heterocycles. The van der Waals surface area contributed by atoms with E-state index in [-0.39, 0.29) is 18.0 Å². The van der Waals surface area contributed by atoms with Crippen molar-refractivity contribution in [1.82, 2.24) is 19.4 Å². The van der Waals surface area contributed by atoms with Crippen molar-refractivity contribution in [2.75, 3.05) is 13.7 Å². The number of methoxy groups -OCH3 is 1. The summed E-state index contributed by atoms with van der Waals surface area (Å²) in [6.07, 6.45) is 5.45. The van der Waals surface area contributed by atoms with E-state index in [0.717, 1.165) is 10.5 Å². The summed E-state index contributed by atoms with van der Waals surface area (Å²) in [6, 6.07) is 3.79. The van der Waals surface area contributed by atoms with Gasteiger partial charge in [0, 0.05) is 18.9 Å². The predicted molar refractivity (Wildman–Crippen MR) is 139 cm³/mol. The smallest absolute Gasteiger partial charge is 0.419 e. The fourth-order valence-corrected chi connectivity index (χ4v) is 3.17. The average Bonchev–Trinajstić information content (AvgIpc) is 3.25. The van der Waals surface area contributed by atoms with Crippen LogP contribution in [0.2, 0.25) is 0 Å². The highest BCUT2D eigenvalue weighted by Crippen LogP contribution is 2.21. The molecule has 202 valence electrons. The van der Waals surface area contributed by atoms with Crippen LogP contribution in [0.3, 0.4) is 0 Å². The van der Waals surface area contributed by atoms with Crippen LogP contribution in [0.5, 0.6) is 0 Å². The van der Waals surface area contributed by atoms with Gasteiger partial charge in [0.2, 0.25) is 0 Å². The number of imidazole rings is 1. The van der Waals surface area contributed by atoms with Gasteiger partial charge in [-0.1, -0.05) is 19.1 Å². The summed E-state index contributed by atoms with van der Waals surface area (Å²) in [5.41, 5.74) is 0.131. The second-order valence-electron chi connectivity index (χ2n) is 10.9. The SMILES string of the molecule is COC(=O)C(=CCC(C)CN(C(=O)OC(C)(C)C)C(=O)OC(C)(C)C)c1cn(-c2ccc(C)cn2)cn1. The monoisotopic (exact) mass is 514 g/mol. The summed E-state index contributed by atoms with van der Waals surface area (Å²) < 4.78 is 17.5. The molecule has 37 heavy (non-hydrogen) atoms. The number of aromatic nitrogens is 3. The number of imide groups is 1. The lowest BCUT2D eigenvalue weighted by Crippen LogP contribution is -2.45. The quantitative estimate of drug-likeness (QED) is 0.277. The molecule has 0 fully saturated rings. The Morgan fingerprint density at radius 2 is 1.62 bits per heavy atom. The molecule has 0 spiro atoms. The largest absolute Gasteiger partial charge is 0.465 e. The highest BCUT2D eigenvalue weighted by molar-refractivity contribution is 6.15. The lowest BCUT2D eigenvalue weighted by atomic mass is 10.0. The number of hydrogen-bond donors (Lipinski definition) is 0. The number of nitrogens with zero attached hydrogens (tertiary/aromatic N) is 4. The summed E-state index contributed by atoms with van der Waals surface area (Å²) in [7, 11) is 1.30. The second-order valence-corrected chi connectivity index (χ2v) is 10.9. The van der Waals surface area contributed by atoms with Gasteiger partial charge >= 0.3 is 18.2 Å². The van der Waals surface area contributed by atoms with Gasteiger partial charge in [-0.25, -0.2) is 29.3 Å². The highest BCUT2D eigenvalue weighted by atomic mass is 16.6. The molecule has 2 heterocycles. The third kappa shape index (κ3) is 9.36. The number of esters is 1. The van der Waals surface area contributed by atoms with E-state index >= 15 is 0 Å². The number of allylic oxidation sites excluding steroid dienone is 1. The van der Waals surface area contributed by atoms with Crippen LogP contribution in [0.1, 0.15) is 66.1 Å². The number of aryl methyl sites for hydroxylation is 1. The zero-order chi connectivity index (χ0) is 28.0. The minimum absolute atomic E-state index is 0.0243. The minimum Gasteiger partial charge on any atom is -0.465 e. The topological polar surface area (TPSA) is 113 Å². The maximum absolute atomic E-state index is 12.8. The predicted octanol–water partition coefficient (Wildman–Crippen LogP) is 5.33. The Labute approximate surface area is 218 Å². The molecule has 2 rings (SSSR count). The van der Waals surface area contributed by atoms with Crippen molar-refractivity contribution in [3.8, 4) is 5.82 Å². The Kier molecular flexibility index (Phi) is 9.61. The minimum atomic E-state index is -0.796. The molecule has 0 aliphatic rings. The third-order valence-corrected chi connectivity index (χ3v) is 4.87. The average molecular weight is 515 g/mol. The van der Waals surface area contributed by atoms with Crippen LogP contribution in [-0.4, -0.2) is 62.4 Å². The zero-order valence-electron chi connectivity index (χ0n) is 23.2. The van der Waals surface area contributed by atoms with Crippen LogP contribution < -0.4 is 0 Å². The summed E-state index contributed by atoms with van der Waals surface area (Å²) in [6.45, 7) is 14.1. The molecule has 1 unspecified atom stereocenters. The molecule has 0 saturated carbocycles. The number of hydrogen-bond acceptors (Lipinski definition) is 8. The van der Waals surface area contributed by atoms with Gasteiger partial charge in [0.1, 0.15) is 23.3 Å². The molecule has 1 atom stereocenters. The molecular formula is C27H38N4O6. The standard InChI is InChI=1S/C27H38N4O6/c1-18-11-13-22(28-14-18)30-16-21(29-17-30)20(23(32)35-9)12-10-19(2)15-31(24(33)36-26(3,4)5)25(34)37-27(6,7)8/h11-14,16-17,19H,10,15H2,1-9H3. The van der Waals surface area contributed by atoms with Gasteiger partial charge in [-0.15, -0.1) is 0 Å². The lowest BCUT2D eigenvalue weighted by molar-refractivity contribution is -0.133. The van der Waals surface area contributed by atoms with E-state index in [9.17, 15) is 14.4 Å². The first-order valence-corrected chi connectivity index (χ1v) is 12.1. The van der Waals surface area contributed by atoms with Crippen molar-refractivity contribution >= 4 is 23.7 Å². The summed E-state index contributed by atoms with van der Waals surface area (Å²) in [4.78, 5) is 47.8. The molecule has 0 aromatic carbocycles. The number of amides is 2. The van der Waals surface area contributed by atoms with Crippen LogP contribution in [0, 0.1) is 12.8 Å². The molecule has 0 bridgehead atoms. The van der Waals surface area contributed by atoms with Gasteiger partial charge in [-0.2, -0.15) is 0 Å². The van der Waals surface area contributed by atoms with Crippen LogP contribution in [0.4, 0.5) is 9.59 Å². The molecular weight excluding hydrogens is 476 g/mol. The fourth-order valence-electron chi connectivity index (χ4n) is 3.17. The normalized spacial score (nSPS) is 13.1. The Hall–Kier alpha value is -3.69. The van der Waals surface area contributed by atoms with E-state index in [1.165, 1.54) is 7.11 Å². The maximum atomic E-state index is 12.8. The Morgan fingerprint density at radius 3 is 2.11 bits per heavy atom. The van der Waals surface area contributed by atoms with Crippen molar-refractivity contribution in [3.63, 3.8) is 0 Å². The molecule has 0 saturated heterocycles. The van der Waals surface area contributed by atoms with Crippen LogP contribution in [0.15, 0.2) is 36.9 Å². The summed E-state index contributed by atoms with van der Waals surface area (Å²) in [5.74, 6) is -0.127. The molecule has 0 radical (unpaired) electrons. The van der Waals surface area contributed by atoms with Crippen molar-refractivity contribution in [2.24, 2.45) is 5.92 Å². The molecule has 10 heteroatoms. The summed E-state index contributed by atoms with van der Waals surface area (Å²) >= 11 is 0. The van der Waals surface area contributed by atoms with E-state index in [1.54, 1.807) is 70.9 Å². The van der Waals surface area contributed by atoms with Gasteiger partial charge < -0.3 is 14.2 Å². The molecule has 2 aromatic rings.